The molecule has 2 atom stereocenters. The van der Waals surface area contributed by atoms with Gasteiger partial charge in [0.2, 0.25) is 0 Å². The Morgan fingerprint density at radius 1 is 1.35 bits per heavy atom. The first kappa shape index (κ1) is 17.3. The van der Waals surface area contributed by atoms with E-state index < -0.39 is 0 Å². The largest absolute Gasteiger partial charge is 0.493 e. The van der Waals surface area contributed by atoms with Crippen LogP contribution in [-0.2, 0) is 16.0 Å². The van der Waals surface area contributed by atoms with Crippen LogP contribution in [0.15, 0.2) is 30.9 Å². The van der Waals surface area contributed by atoms with Crippen molar-refractivity contribution < 1.29 is 19.0 Å². The molecule has 2 rings (SSSR count). The number of morpholine rings is 1. The Labute approximate surface area is 137 Å². The number of ether oxygens (including phenoxy) is 3. The molecule has 0 bridgehead atoms. The summed E-state index contributed by atoms with van der Waals surface area (Å²) < 4.78 is 16.6. The van der Waals surface area contributed by atoms with Gasteiger partial charge in [-0.1, -0.05) is 12.1 Å². The smallest absolute Gasteiger partial charge is 0.260 e. The average Bonchev–Trinajstić information content (AvgIpc) is 2.52. The molecular weight excluding hydrogens is 294 g/mol. The van der Waals surface area contributed by atoms with Gasteiger partial charge < -0.3 is 19.1 Å². The third-order valence-electron chi connectivity index (χ3n) is 3.73. The summed E-state index contributed by atoms with van der Waals surface area (Å²) in [6, 6.07) is 5.68. The maximum Gasteiger partial charge on any atom is 0.260 e. The highest BCUT2D eigenvalue weighted by Gasteiger charge is 2.26. The first-order valence-electron chi connectivity index (χ1n) is 7.87. The zero-order chi connectivity index (χ0) is 16.8. The van der Waals surface area contributed by atoms with E-state index >= 15 is 0 Å². The van der Waals surface area contributed by atoms with Crippen molar-refractivity contribution in [3.8, 4) is 11.5 Å². The Balaban J connectivity index is 1.97. The van der Waals surface area contributed by atoms with E-state index in [1.807, 2.05) is 38.1 Å². The number of rotatable bonds is 6. The van der Waals surface area contributed by atoms with Gasteiger partial charge in [0.25, 0.3) is 5.91 Å². The van der Waals surface area contributed by atoms with Gasteiger partial charge in [-0.3, -0.25) is 4.79 Å². The molecule has 1 heterocycles. The molecule has 5 heteroatoms. The molecule has 1 fully saturated rings. The number of hydrogen-bond acceptors (Lipinski definition) is 4. The molecule has 1 aromatic rings. The van der Waals surface area contributed by atoms with Crippen molar-refractivity contribution in [2.24, 2.45) is 0 Å². The van der Waals surface area contributed by atoms with Gasteiger partial charge in [-0.15, -0.1) is 6.58 Å². The number of methoxy groups -OCH3 is 1. The lowest BCUT2D eigenvalue weighted by atomic mass is 10.1. The van der Waals surface area contributed by atoms with Crippen LogP contribution >= 0.6 is 0 Å². The van der Waals surface area contributed by atoms with Crippen LogP contribution in [0.5, 0.6) is 11.5 Å². The maximum absolute atomic E-state index is 12.3. The molecule has 0 spiro atoms. The Hall–Kier alpha value is -2.01. The maximum atomic E-state index is 12.3. The fourth-order valence-corrected chi connectivity index (χ4v) is 2.74. The molecule has 2 unspecified atom stereocenters. The number of carbonyl (C=O) groups excluding carboxylic acids is 1. The fourth-order valence-electron chi connectivity index (χ4n) is 2.74. The van der Waals surface area contributed by atoms with E-state index in [9.17, 15) is 4.79 Å². The van der Waals surface area contributed by atoms with E-state index in [2.05, 4.69) is 6.58 Å². The molecule has 1 aliphatic rings. The summed E-state index contributed by atoms with van der Waals surface area (Å²) in [5, 5.41) is 0. The summed E-state index contributed by atoms with van der Waals surface area (Å²) >= 11 is 0. The van der Waals surface area contributed by atoms with E-state index in [0.717, 1.165) is 12.0 Å². The number of allylic oxidation sites excluding steroid dienone is 1. The number of hydrogen-bond donors (Lipinski definition) is 0. The van der Waals surface area contributed by atoms with Crippen molar-refractivity contribution in [2.75, 3.05) is 26.8 Å². The highest BCUT2D eigenvalue weighted by atomic mass is 16.5. The zero-order valence-corrected chi connectivity index (χ0v) is 14.1. The van der Waals surface area contributed by atoms with Crippen molar-refractivity contribution in [3.05, 3.63) is 36.4 Å². The molecule has 0 saturated carbocycles. The average molecular weight is 319 g/mol. The predicted octanol–water partition coefficient (Wildman–Crippen LogP) is 2.44. The van der Waals surface area contributed by atoms with E-state index in [-0.39, 0.29) is 24.7 Å². The van der Waals surface area contributed by atoms with Gasteiger partial charge >= 0.3 is 0 Å². The van der Waals surface area contributed by atoms with Gasteiger partial charge in [0, 0.05) is 13.1 Å². The summed E-state index contributed by atoms with van der Waals surface area (Å²) in [6.45, 7) is 8.86. The van der Waals surface area contributed by atoms with E-state index in [1.54, 1.807) is 12.0 Å². The van der Waals surface area contributed by atoms with Crippen molar-refractivity contribution >= 4 is 5.91 Å². The summed E-state index contributed by atoms with van der Waals surface area (Å²) in [6.07, 6.45) is 2.70. The van der Waals surface area contributed by atoms with E-state index in [4.69, 9.17) is 14.2 Å². The van der Waals surface area contributed by atoms with Gasteiger partial charge in [-0.25, -0.2) is 0 Å². The van der Waals surface area contributed by atoms with Crippen LogP contribution < -0.4 is 9.47 Å². The van der Waals surface area contributed by atoms with Crippen molar-refractivity contribution in [2.45, 2.75) is 32.5 Å². The lowest BCUT2D eigenvalue weighted by molar-refractivity contribution is -0.145. The summed E-state index contributed by atoms with van der Waals surface area (Å²) in [7, 11) is 1.59. The minimum absolute atomic E-state index is 0.00337. The fraction of sp³-hybridized carbons (Fsp3) is 0.500. The Bertz CT molecular complexity index is 548. The molecular formula is C18H25NO4. The Kier molecular flexibility index (Phi) is 6.04. The van der Waals surface area contributed by atoms with Crippen LogP contribution in [0, 0.1) is 0 Å². The lowest BCUT2D eigenvalue weighted by Gasteiger charge is -2.35. The normalized spacial score (nSPS) is 20.9. The summed E-state index contributed by atoms with van der Waals surface area (Å²) in [4.78, 5) is 14.1. The van der Waals surface area contributed by atoms with Crippen molar-refractivity contribution in [3.63, 3.8) is 0 Å². The van der Waals surface area contributed by atoms with Crippen LogP contribution in [0.4, 0.5) is 0 Å². The van der Waals surface area contributed by atoms with E-state index in [1.165, 1.54) is 0 Å². The van der Waals surface area contributed by atoms with Crippen LogP contribution in [0.1, 0.15) is 19.4 Å². The lowest BCUT2D eigenvalue weighted by Crippen LogP contribution is -2.49. The van der Waals surface area contributed by atoms with Crippen LogP contribution in [0.25, 0.3) is 0 Å². The molecule has 1 saturated heterocycles. The van der Waals surface area contributed by atoms with Crippen LogP contribution in [-0.4, -0.2) is 49.8 Å². The van der Waals surface area contributed by atoms with Crippen LogP contribution in [0.2, 0.25) is 0 Å². The zero-order valence-electron chi connectivity index (χ0n) is 14.1. The third-order valence-corrected chi connectivity index (χ3v) is 3.73. The minimum atomic E-state index is -0.0378. The minimum Gasteiger partial charge on any atom is -0.493 e. The molecule has 1 aromatic carbocycles. The Morgan fingerprint density at radius 2 is 2.04 bits per heavy atom. The first-order valence-corrected chi connectivity index (χ1v) is 7.87. The second kappa shape index (κ2) is 8.02. The molecule has 0 aliphatic carbocycles. The Morgan fingerprint density at radius 3 is 2.65 bits per heavy atom. The number of nitrogens with zero attached hydrogens (tertiary/aromatic N) is 1. The molecule has 0 aromatic heterocycles. The van der Waals surface area contributed by atoms with E-state index in [0.29, 0.717) is 24.6 Å². The highest BCUT2D eigenvalue weighted by Crippen LogP contribution is 2.28. The molecule has 0 radical (unpaired) electrons. The summed E-state index contributed by atoms with van der Waals surface area (Å²) in [5.74, 6) is 1.16. The van der Waals surface area contributed by atoms with Crippen LogP contribution in [0.3, 0.4) is 0 Å². The molecule has 126 valence electrons. The standard InChI is InChI=1S/C18H25NO4/c1-5-6-15-7-8-16(17(9-15)21-4)22-12-18(20)19-10-13(2)23-14(3)11-19/h5,7-9,13-14H,1,6,10-12H2,2-4H3. The van der Waals surface area contributed by atoms with Crippen molar-refractivity contribution in [1.82, 2.24) is 4.90 Å². The predicted molar refractivity (Wildman–Crippen MR) is 89.0 cm³/mol. The van der Waals surface area contributed by atoms with Gasteiger partial charge in [-0.05, 0) is 38.0 Å². The number of amides is 1. The quantitative estimate of drug-likeness (QED) is 0.756. The number of benzene rings is 1. The SMILES string of the molecule is C=CCc1ccc(OCC(=O)N2CC(C)OC(C)C2)c(OC)c1. The van der Waals surface area contributed by atoms with Gasteiger partial charge in [-0.2, -0.15) is 0 Å². The third kappa shape index (κ3) is 4.73. The second-order valence-corrected chi connectivity index (χ2v) is 5.82. The monoisotopic (exact) mass is 319 g/mol. The molecule has 1 aliphatic heterocycles. The van der Waals surface area contributed by atoms with Gasteiger partial charge in [0.15, 0.2) is 18.1 Å². The van der Waals surface area contributed by atoms with Gasteiger partial charge in [0.05, 0.1) is 19.3 Å². The molecule has 1 amide bonds. The molecule has 0 N–H and O–H groups in total. The highest BCUT2D eigenvalue weighted by molar-refractivity contribution is 5.78. The molecule has 5 nitrogen and oxygen atoms in total. The number of carbonyl (C=O) groups is 1. The van der Waals surface area contributed by atoms with Gasteiger partial charge in [0.1, 0.15) is 0 Å². The molecule has 23 heavy (non-hydrogen) atoms. The second-order valence-electron chi connectivity index (χ2n) is 5.82. The topological polar surface area (TPSA) is 48.0 Å². The van der Waals surface area contributed by atoms with Crippen molar-refractivity contribution in [1.29, 1.82) is 0 Å². The summed E-state index contributed by atoms with van der Waals surface area (Å²) in [5.41, 5.74) is 1.09. The first-order chi connectivity index (χ1) is 11.0.